The van der Waals surface area contributed by atoms with E-state index >= 15 is 0 Å². The van der Waals surface area contributed by atoms with E-state index in [1.807, 2.05) is 19.9 Å². The molecule has 1 N–H and O–H groups in total. The molecule has 1 saturated heterocycles. The maximum absolute atomic E-state index is 12.3. The first kappa shape index (κ1) is 14.3. The monoisotopic (exact) mass is 262 g/mol. The number of nitrogens with one attached hydrogen (secondary N) is 1. The van der Waals surface area contributed by atoms with Gasteiger partial charge < -0.3 is 4.98 Å². The van der Waals surface area contributed by atoms with E-state index in [0.717, 1.165) is 36.0 Å². The first-order chi connectivity index (χ1) is 9.10. The predicted octanol–water partition coefficient (Wildman–Crippen LogP) is 3.33. The third-order valence-corrected chi connectivity index (χ3v) is 4.33. The zero-order chi connectivity index (χ0) is 13.8. The molecule has 1 atom stereocenters. The van der Waals surface area contributed by atoms with Crippen LogP contribution in [-0.2, 0) is 0 Å². The lowest BCUT2D eigenvalue weighted by Gasteiger charge is -2.19. The van der Waals surface area contributed by atoms with Crippen molar-refractivity contribution in [3.63, 3.8) is 0 Å². The van der Waals surface area contributed by atoms with Gasteiger partial charge in [0.25, 0.3) is 0 Å². The van der Waals surface area contributed by atoms with Crippen molar-refractivity contribution < 1.29 is 4.79 Å². The van der Waals surface area contributed by atoms with Crippen LogP contribution in [0.2, 0.25) is 0 Å². The highest BCUT2D eigenvalue weighted by Gasteiger charge is 2.19. The number of rotatable bonds is 4. The second-order valence-electron chi connectivity index (χ2n) is 5.90. The number of likely N-dealkylation sites (tertiary alicyclic amines) is 1. The standard InChI is InChI=1S/C16H26N2O/c1-4-14-6-5-8-18(9-7-14)11-16(19)15-10-12(2)17-13(15)3/h10,14,17H,4-9,11H2,1-3H3. The molecule has 2 rings (SSSR count). The number of aromatic amines is 1. The van der Waals surface area contributed by atoms with Gasteiger partial charge >= 0.3 is 0 Å². The van der Waals surface area contributed by atoms with Crippen molar-refractivity contribution in [1.82, 2.24) is 9.88 Å². The Balaban J connectivity index is 1.93. The molecular weight excluding hydrogens is 236 g/mol. The molecule has 0 aliphatic carbocycles. The van der Waals surface area contributed by atoms with E-state index in [9.17, 15) is 4.79 Å². The summed E-state index contributed by atoms with van der Waals surface area (Å²) in [6.07, 6.45) is 5.08. The minimum absolute atomic E-state index is 0.261. The van der Waals surface area contributed by atoms with Gasteiger partial charge in [0.05, 0.1) is 6.54 Å². The van der Waals surface area contributed by atoms with Gasteiger partial charge in [0, 0.05) is 17.0 Å². The maximum Gasteiger partial charge on any atom is 0.178 e. The van der Waals surface area contributed by atoms with Gasteiger partial charge in [-0.05, 0) is 58.2 Å². The van der Waals surface area contributed by atoms with Gasteiger partial charge in [0.1, 0.15) is 0 Å². The van der Waals surface area contributed by atoms with E-state index in [0.29, 0.717) is 6.54 Å². The zero-order valence-corrected chi connectivity index (χ0v) is 12.5. The molecule has 0 aromatic carbocycles. The largest absolute Gasteiger partial charge is 0.362 e. The van der Waals surface area contributed by atoms with Gasteiger partial charge in [-0.2, -0.15) is 0 Å². The molecule has 1 aliphatic heterocycles. The molecule has 0 radical (unpaired) electrons. The van der Waals surface area contributed by atoms with Crippen molar-refractivity contribution in [2.45, 2.75) is 46.5 Å². The molecule has 2 heterocycles. The highest BCUT2D eigenvalue weighted by atomic mass is 16.1. The molecule has 1 fully saturated rings. The lowest BCUT2D eigenvalue weighted by atomic mass is 9.98. The smallest absolute Gasteiger partial charge is 0.178 e. The fourth-order valence-corrected chi connectivity index (χ4v) is 3.09. The lowest BCUT2D eigenvalue weighted by Crippen LogP contribution is -2.31. The van der Waals surface area contributed by atoms with E-state index in [1.165, 1.54) is 25.7 Å². The van der Waals surface area contributed by atoms with Crippen LogP contribution in [-0.4, -0.2) is 35.3 Å². The summed E-state index contributed by atoms with van der Waals surface area (Å²) in [5.74, 6) is 1.12. The summed E-state index contributed by atoms with van der Waals surface area (Å²) < 4.78 is 0. The summed E-state index contributed by atoms with van der Waals surface area (Å²) >= 11 is 0. The van der Waals surface area contributed by atoms with E-state index in [1.54, 1.807) is 0 Å². The number of aryl methyl sites for hydroxylation is 2. The van der Waals surface area contributed by atoms with Crippen LogP contribution in [0.3, 0.4) is 0 Å². The molecule has 3 heteroatoms. The van der Waals surface area contributed by atoms with E-state index < -0.39 is 0 Å². The Morgan fingerprint density at radius 2 is 2.16 bits per heavy atom. The summed E-state index contributed by atoms with van der Waals surface area (Å²) in [6, 6.07) is 1.98. The second-order valence-corrected chi connectivity index (χ2v) is 5.90. The van der Waals surface area contributed by atoms with Gasteiger partial charge in [0.2, 0.25) is 0 Å². The Hall–Kier alpha value is -1.09. The number of hydrogen-bond acceptors (Lipinski definition) is 2. The van der Waals surface area contributed by atoms with Crippen molar-refractivity contribution in [2.24, 2.45) is 5.92 Å². The van der Waals surface area contributed by atoms with Crippen LogP contribution in [0, 0.1) is 19.8 Å². The number of carbonyl (C=O) groups is 1. The number of ketones is 1. The summed E-state index contributed by atoms with van der Waals surface area (Å²) in [4.78, 5) is 17.9. The molecule has 1 aromatic rings. The molecule has 0 saturated carbocycles. The fraction of sp³-hybridized carbons (Fsp3) is 0.688. The fourth-order valence-electron chi connectivity index (χ4n) is 3.09. The van der Waals surface area contributed by atoms with E-state index in [4.69, 9.17) is 0 Å². The van der Waals surface area contributed by atoms with E-state index in [2.05, 4.69) is 16.8 Å². The average molecular weight is 262 g/mol. The average Bonchev–Trinajstić information content (AvgIpc) is 2.60. The second kappa shape index (κ2) is 6.38. The number of carbonyl (C=O) groups excluding carboxylic acids is 1. The molecule has 0 spiro atoms. The number of aromatic nitrogens is 1. The van der Waals surface area contributed by atoms with Crippen LogP contribution >= 0.6 is 0 Å². The van der Waals surface area contributed by atoms with Crippen molar-refractivity contribution in [1.29, 1.82) is 0 Å². The number of hydrogen-bond donors (Lipinski definition) is 1. The topological polar surface area (TPSA) is 36.1 Å². The van der Waals surface area contributed by atoms with Crippen LogP contribution < -0.4 is 0 Å². The third kappa shape index (κ3) is 3.69. The first-order valence-corrected chi connectivity index (χ1v) is 7.52. The quantitative estimate of drug-likeness (QED) is 0.845. The summed E-state index contributed by atoms with van der Waals surface area (Å²) in [5.41, 5.74) is 2.94. The van der Waals surface area contributed by atoms with Crippen LogP contribution in [0.5, 0.6) is 0 Å². The molecule has 0 amide bonds. The summed E-state index contributed by atoms with van der Waals surface area (Å²) in [5, 5.41) is 0. The minimum Gasteiger partial charge on any atom is -0.362 e. The third-order valence-electron chi connectivity index (χ3n) is 4.33. The molecule has 1 aromatic heterocycles. The number of H-pyrrole nitrogens is 1. The normalized spacial score (nSPS) is 21.3. The highest BCUT2D eigenvalue weighted by molar-refractivity contribution is 5.98. The van der Waals surface area contributed by atoms with Gasteiger partial charge in [-0.3, -0.25) is 9.69 Å². The summed E-state index contributed by atoms with van der Waals surface area (Å²) in [7, 11) is 0. The van der Waals surface area contributed by atoms with Crippen molar-refractivity contribution in [3.8, 4) is 0 Å². The first-order valence-electron chi connectivity index (χ1n) is 7.52. The molecule has 0 bridgehead atoms. The Kier molecular flexibility index (Phi) is 4.81. The Morgan fingerprint density at radius 1 is 1.37 bits per heavy atom. The van der Waals surface area contributed by atoms with Gasteiger partial charge in [-0.15, -0.1) is 0 Å². The predicted molar refractivity (Wildman–Crippen MR) is 78.7 cm³/mol. The van der Waals surface area contributed by atoms with Crippen LogP contribution in [0.4, 0.5) is 0 Å². The van der Waals surface area contributed by atoms with E-state index in [-0.39, 0.29) is 5.78 Å². The lowest BCUT2D eigenvalue weighted by molar-refractivity contribution is 0.0931. The molecule has 1 aliphatic rings. The van der Waals surface area contributed by atoms with Crippen LogP contribution in [0.15, 0.2) is 6.07 Å². The van der Waals surface area contributed by atoms with Gasteiger partial charge in [-0.25, -0.2) is 0 Å². The maximum atomic E-state index is 12.3. The summed E-state index contributed by atoms with van der Waals surface area (Å²) in [6.45, 7) is 8.99. The van der Waals surface area contributed by atoms with Gasteiger partial charge in [0.15, 0.2) is 5.78 Å². The zero-order valence-electron chi connectivity index (χ0n) is 12.5. The SMILES string of the molecule is CCC1CCCN(CC(=O)c2cc(C)[nH]c2C)CC1. The van der Waals surface area contributed by atoms with Crippen LogP contribution in [0.1, 0.15) is 54.4 Å². The number of nitrogens with zero attached hydrogens (tertiary/aromatic N) is 1. The van der Waals surface area contributed by atoms with Crippen molar-refractivity contribution in [2.75, 3.05) is 19.6 Å². The molecule has 3 nitrogen and oxygen atoms in total. The van der Waals surface area contributed by atoms with Crippen molar-refractivity contribution in [3.05, 3.63) is 23.0 Å². The molecular formula is C16H26N2O. The Bertz CT molecular complexity index is 436. The molecule has 19 heavy (non-hydrogen) atoms. The number of Topliss-reactive ketones (excluding diaryl/α,β-unsaturated/α-hetero) is 1. The van der Waals surface area contributed by atoms with Gasteiger partial charge in [-0.1, -0.05) is 13.3 Å². The molecule has 1 unspecified atom stereocenters. The Labute approximate surface area is 116 Å². The molecule has 106 valence electrons. The Morgan fingerprint density at radius 3 is 2.79 bits per heavy atom. The van der Waals surface area contributed by atoms with Crippen molar-refractivity contribution >= 4 is 5.78 Å². The van der Waals surface area contributed by atoms with Crippen LogP contribution in [0.25, 0.3) is 0 Å². The minimum atomic E-state index is 0.261. The highest BCUT2D eigenvalue weighted by Crippen LogP contribution is 2.20.